The SMILES string of the molecule is CC(=O)Nc1cnn([C@H]2C[C@@H](COCC(=O)N(C)C)N(C3CCCCC3)C2)c1. The Morgan fingerprint density at radius 1 is 1.25 bits per heavy atom. The maximum Gasteiger partial charge on any atom is 0.248 e. The zero-order chi connectivity index (χ0) is 20.1. The van der Waals surface area contributed by atoms with Crippen LogP contribution in [0.5, 0.6) is 0 Å². The Kier molecular flexibility index (Phi) is 7.07. The van der Waals surface area contributed by atoms with Crippen LogP contribution in [0.2, 0.25) is 0 Å². The number of amides is 2. The summed E-state index contributed by atoms with van der Waals surface area (Å²) in [4.78, 5) is 27.2. The summed E-state index contributed by atoms with van der Waals surface area (Å²) in [6, 6.07) is 1.13. The molecule has 2 amide bonds. The van der Waals surface area contributed by atoms with Crippen molar-refractivity contribution in [3.63, 3.8) is 0 Å². The van der Waals surface area contributed by atoms with Crippen LogP contribution in [0, 0.1) is 0 Å². The molecule has 28 heavy (non-hydrogen) atoms. The second-order valence-electron chi connectivity index (χ2n) is 8.23. The molecule has 8 nitrogen and oxygen atoms in total. The number of hydrogen-bond acceptors (Lipinski definition) is 5. The van der Waals surface area contributed by atoms with Gasteiger partial charge in [0.15, 0.2) is 0 Å². The Morgan fingerprint density at radius 2 is 2.00 bits per heavy atom. The third-order valence-electron chi connectivity index (χ3n) is 5.81. The number of nitrogens with zero attached hydrogens (tertiary/aromatic N) is 4. The highest BCUT2D eigenvalue weighted by Gasteiger charge is 2.38. The first-order valence-electron chi connectivity index (χ1n) is 10.3. The van der Waals surface area contributed by atoms with Crippen molar-refractivity contribution in [3.05, 3.63) is 12.4 Å². The van der Waals surface area contributed by atoms with Gasteiger partial charge in [-0.25, -0.2) is 0 Å². The molecule has 2 heterocycles. The van der Waals surface area contributed by atoms with Gasteiger partial charge in [-0.1, -0.05) is 19.3 Å². The minimum absolute atomic E-state index is 0.00853. The van der Waals surface area contributed by atoms with Gasteiger partial charge in [-0.2, -0.15) is 5.10 Å². The summed E-state index contributed by atoms with van der Waals surface area (Å²) < 4.78 is 7.75. The number of carbonyl (C=O) groups is 2. The molecule has 1 aromatic rings. The first-order valence-corrected chi connectivity index (χ1v) is 10.3. The second kappa shape index (κ2) is 9.52. The summed E-state index contributed by atoms with van der Waals surface area (Å²) >= 11 is 0. The monoisotopic (exact) mass is 391 g/mol. The lowest BCUT2D eigenvalue weighted by Crippen LogP contribution is -2.43. The van der Waals surface area contributed by atoms with Gasteiger partial charge in [-0.15, -0.1) is 0 Å². The summed E-state index contributed by atoms with van der Waals surface area (Å²) in [6.07, 6.45) is 10.9. The zero-order valence-electron chi connectivity index (χ0n) is 17.3. The molecule has 0 radical (unpaired) electrons. The van der Waals surface area contributed by atoms with Crippen LogP contribution in [-0.2, 0) is 14.3 Å². The molecule has 0 spiro atoms. The number of aromatic nitrogens is 2. The van der Waals surface area contributed by atoms with E-state index >= 15 is 0 Å². The van der Waals surface area contributed by atoms with Gasteiger partial charge in [0.1, 0.15) is 6.61 Å². The molecule has 3 rings (SSSR count). The maximum atomic E-state index is 11.8. The van der Waals surface area contributed by atoms with E-state index in [9.17, 15) is 9.59 Å². The molecule has 1 aromatic heterocycles. The third-order valence-corrected chi connectivity index (χ3v) is 5.81. The second-order valence-corrected chi connectivity index (χ2v) is 8.23. The van der Waals surface area contributed by atoms with Gasteiger partial charge in [0.2, 0.25) is 11.8 Å². The van der Waals surface area contributed by atoms with E-state index in [1.165, 1.54) is 39.0 Å². The normalized spacial score (nSPS) is 23.7. The van der Waals surface area contributed by atoms with Crippen LogP contribution in [0.25, 0.3) is 0 Å². The lowest BCUT2D eigenvalue weighted by atomic mass is 9.94. The smallest absolute Gasteiger partial charge is 0.248 e. The average Bonchev–Trinajstić information content (AvgIpc) is 3.29. The van der Waals surface area contributed by atoms with Gasteiger partial charge in [-0.3, -0.25) is 19.2 Å². The predicted octanol–water partition coefficient (Wildman–Crippen LogP) is 1.89. The van der Waals surface area contributed by atoms with E-state index in [0.717, 1.165) is 18.7 Å². The molecular formula is C20H33N5O3. The number of nitrogens with one attached hydrogen (secondary N) is 1. The first-order chi connectivity index (χ1) is 13.4. The van der Waals surface area contributed by atoms with Crippen molar-refractivity contribution in [1.29, 1.82) is 0 Å². The van der Waals surface area contributed by atoms with Crippen LogP contribution in [0.1, 0.15) is 51.5 Å². The van der Waals surface area contributed by atoms with Crippen LogP contribution in [0.4, 0.5) is 5.69 Å². The van der Waals surface area contributed by atoms with Gasteiger partial charge in [0.05, 0.1) is 24.5 Å². The molecule has 0 bridgehead atoms. The van der Waals surface area contributed by atoms with Crippen molar-refractivity contribution in [3.8, 4) is 0 Å². The molecule has 1 N–H and O–H groups in total. The summed E-state index contributed by atoms with van der Waals surface area (Å²) in [5, 5.41) is 7.26. The van der Waals surface area contributed by atoms with Gasteiger partial charge in [0, 0.05) is 45.8 Å². The molecule has 2 fully saturated rings. The lowest BCUT2D eigenvalue weighted by Gasteiger charge is -2.35. The summed E-state index contributed by atoms with van der Waals surface area (Å²) in [5.41, 5.74) is 0.730. The standard InChI is InChI=1S/C20H33N5O3/c1-15(26)22-16-10-21-25(11-16)18-9-19(13-28-14-20(27)23(2)3)24(12-18)17-7-5-4-6-8-17/h10-11,17-19H,4-9,12-14H2,1-3H3,(H,22,26)/t18-,19-/m0/s1. The molecule has 2 atom stereocenters. The van der Waals surface area contributed by atoms with Gasteiger partial charge < -0.3 is 15.0 Å². The lowest BCUT2D eigenvalue weighted by molar-refractivity contribution is -0.134. The molecule has 8 heteroatoms. The molecule has 1 saturated carbocycles. The van der Waals surface area contributed by atoms with Gasteiger partial charge in [0.25, 0.3) is 0 Å². The fourth-order valence-corrected chi connectivity index (χ4v) is 4.35. The van der Waals surface area contributed by atoms with Crippen molar-refractivity contribution < 1.29 is 14.3 Å². The third kappa shape index (κ3) is 5.32. The first kappa shape index (κ1) is 20.8. The average molecular weight is 392 g/mol. The minimum Gasteiger partial charge on any atom is -0.370 e. The number of hydrogen-bond donors (Lipinski definition) is 1. The summed E-state index contributed by atoms with van der Waals surface area (Å²) in [7, 11) is 3.49. The minimum atomic E-state index is -0.0911. The fourth-order valence-electron chi connectivity index (χ4n) is 4.35. The van der Waals surface area contributed by atoms with E-state index in [1.54, 1.807) is 25.2 Å². The van der Waals surface area contributed by atoms with Crippen molar-refractivity contribution >= 4 is 17.5 Å². The highest BCUT2D eigenvalue weighted by Crippen LogP contribution is 2.34. The van der Waals surface area contributed by atoms with Crippen molar-refractivity contribution in [2.24, 2.45) is 0 Å². The van der Waals surface area contributed by atoms with Crippen LogP contribution in [-0.4, -0.2) is 77.3 Å². The molecule has 0 unspecified atom stereocenters. The molecule has 1 aliphatic carbocycles. The van der Waals surface area contributed by atoms with E-state index in [1.807, 2.05) is 10.9 Å². The van der Waals surface area contributed by atoms with E-state index < -0.39 is 0 Å². The number of likely N-dealkylation sites (tertiary alicyclic amines) is 1. The fraction of sp³-hybridized carbons (Fsp3) is 0.750. The molecule has 1 saturated heterocycles. The van der Waals surface area contributed by atoms with Crippen LogP contribution in [0.3, 0.4) is 0 Å². The quantitative estimate of drug-likeness (QED) is 0.768. The molecule has 156 valence electrons. The van der Waals surface area contributed by atoms with Crippen molar-refractivity contribution in [2.45, 2.75) is 63.6 Å². The van der Waals surface area contributed by atoms with Crippen LogP contribution in [0.15, 0.2) is 12.4 Å². The zero-order valence-corrected chi connectivity index (χ0v) is 17.3. The number of rotatable bonds is 7. The van der Waals surface area contributed by atoms with E-state index in [0.29, 0.717) is 12.6 Å². The number of likely N-dealkylation sites (N-methyl/N-ethyl adjacent to an activating group) is 1. The van der Waals surface area contributed by atoms with E-state index in [2.05, 4.69) is 15.3 Å². The summed E-state index contributed by atoms with van der Waals surface area (Å²) in [5.74, 6) is -0.0996. The number of carbonyl (C=O) groups excluding carboxylic acids is 2. The molecule has 1 aliphatic heterocycles. The topological polar surface area (TPSA) is 79.7 Å². The Balaban J connectivity index is 1.64. The molecular weight excluding hydrogens is 358 g/mol. The highest BCUT2D eigenvalue weighted by molar-refractivity contribution is 5.88. The Bertz CT molecular complexity index is 669. The Hall–Kier alpha value is -1.93. The van der Waals surface area contributed by atoms with Gasteiger partial charge >= 0.3 is 0 Å². The van der Waals surface area contributed by atoms with Crippen LogP contribution >= 0.6 is 0 Å². The molecule has 0 aromatic carbocycles. The van der Waals surface area contributed by atoms with Crippen molar-refractivity contribution in [1.82, 2.24) is 19.6 Å². The largest absolute Gasteiger partial charge is 0.370 e. The Labute approximate surface area is 167 Å². The molecule has 2 aliphatic rings. The van der Waals surface area contributed by atoms with Crippen molar-refractivity contribution in [2.75, 3.05) is 39.2 Å². The Morgan fingerprint density at radius 3 is 2.68 bits per heavy atom. The number of anilines is 1. The summed E-state index contributed by atoms with van der Waals surface area (Å²) in [6.45, 7) is 3.12. The highest BCUT2D eigenvalue weighted by atomic mass is 16.5. The predicted molar refractivity (Wildman–Crippen MR) is 107 cm³/mol. The maximum absolute atomic E-state index is 11.8. The van der Waals surface area contributed by atoms with Crippen LogP contribution < -0.4 is 5.32 Å². The number of ether oxygens (including phenoxy) is 1. The van der Waals surface area contributed by atoms with Gasteiger partial charge in [-0.05, 0) is 19.3 Å². The van der Waals surface area contributed by atoms with E-state index in [-0.39, 0.29) is 30.5 Å². The van der Waals surface area contributed by atoms with E-state index in [4.69, 9.17) is 4.74 Å².